The average molecular weight is 374 g/mol. The number of hydrogen-bond donors (Lipinski definition) is 0. The fourth-order valence-corrected chi connectivity index (χ4v) is 2.94. The van der Waals surface area contributed by atoms with Crippen molar-refractivity contribution in [3.8, 4) is 17.9 Å². The van der Waals surface area contributed by atoms with Gasteiger partial charge in [0.05, 0.1) is 5.56 Å². The van der Waals surface area contributed by atoms with E-state index in [0.717, 1.165) is 16.5 Å². The molecule has 0 aliphatic heterocycles. The highest BCUT2D eigenvalue weighted by Crippen LogP contribution is 2.15. The van der Waals surface area contributed by atoms with E-state index in [1.54, 1.807) is 0 Å². The fourth-order valence-electron chi connectivity index (χ4n) is 2.58. The third-order valence-corrected chi connectivity index (χ3v) is 4.47. The summed E-state index contributed by atoms with van der Waals surface area (Å²) in [5, 5.41) is 9.07. The Labute approximate surface area is 150 Å². The second-order valence-electron chi connectivity index (χ2n) is 6.04. The molecule has 0 bridgehead atoms. The van der Waals surface area contributed by atoms with Crippen molar-refractivity contribution >= 4 is 15.9 Å². The molecule has 23 heavy (non-hydrogen) atoms. The first-order chi connectivity index (χ1) is 11.3. The van der Waals surface area contributed by atoms with E-state index < -0.39 is 0 Å². The molecule has 0 aliphatic rings. The van der Waals surface area contributed by atoms with E-state index in [0.29, 0.717) is 5.56 Å². The van der Waals surface area contributed by atoms with Gasteiger partial charge < -0.3 is 0 Å². The Hall–Kier alpha value is -1.25. The lowest BCUT2D eigenvalue weighted by Crippen LogP contribution is -1.84. The predicted molar refractivity (Wildman–Crippen MR) is 102 cm³/mol. The van der Waals surface area contributed by atoms with Gasteiger partial charge in [-0.1, -0.05) is 92.5 Å². The summed E-state index contributed by atoms with van der Waals surface area (Å²) in [6.07, 6.45) is 14.4. The summed E-state index contributed by atoms with van der Waals surface area (Å²) in [7, 11) is 0. The van der Waals surface area contributed by atoms with Crippen LogP contribution in [0.25, 0.3) is 0 Å². The van der Waals surface area contributed by atoms with Gasteiger partial charge in [0.25, 0.3) is 0 Å². The number of halogens is 1. The molecule has 124 valence electrons. The van der Waals surface area contributed by atoms with Crippen LogP contribution in [0, 0.1) is 23.2 Å². The summed E-state index contributed by atoms with van der Waals surface area (Å²) in [4.78, 5) is 0. The standard InChI is InChI=1S/C21H28BrN/c1-2-3-4-5-6-7-8-9-10-11-12-13-14-19-17-21(22)16-15-20(19)18-23/h15-17H,2-12H2,1H3. The van der Waals surface area contributed by atoms with Crippen LogP contribution < -0.4 is 0 Å². The number of nitriles is 1. The summed E-state index contributed by atoms with van der Waals surface area (Å²) in [5.41, 5.74) is 1.48. The zero-order chi connectivity index (χ0) is 16.8. The van der Waals surface area contributed by atoms with Crippen LogP contribution in [-0.2, 0) is 0 Å². The van der Waals surface area contributed by atoms with Gasteiger partial charge in [-0.2, -0.15) is 5.26 Å². The highest BCUT2D eigenvalue weighted by Gasteiger charge is 1.99. The van der Waals surface area contributed by atoms with Crippen LogP contribution >= 0.6 is 15.9 Å². The van der Waals surface area contributed by atoms with E-state index in [4.69, 9.17) is 5.26 Å². The van der Waals surface area contributed by atoms with Crippen molar-refractivity contribution in [3.05, 3.63) is 33.8 Å². The van der Waals surface area contributed by atoms with Crippen molar-refractivity contribution in [2.24, 2.45) is 0 Å². The Morgan fingerprint density at radius 1 is 0.870 bits per heavy atom. The van der Waals surface area contributed by atoms with Gasteiger partial charge in [0.1, 0.15) is 6.07 Å². The molecule has 0 atom stereocenters. The van der Waals surface area contributed by atoms with Crippen molar-refractivity contribution < 1.29 is 0 Å². The van der Waals surface area contributed by atoms with Gasteiger partial charge in [-0.05, 0) is 24.6 Å². The molecule has 0 radical (unpaired) electrons. The number of nitrogens with zero attached hydrogens (tertiary/aromatic N) is 1. The molecule has 0 saturated carbocycles. The molecular weight excluding hydrogens is 346 g/mol. The Morgan fingerprint density at radius 3 is 2.09 bits per heavy atom. The maximum atomic E-state index is 9.07. The normalized spacial score (nSPS) is 9.96. The number of benzene rings is 1. The molecule has 0 unspecified atom stereocenters. The monoisotopic (exact) mass is 373 g/mol. The van der Waals surface area contributed by atoms with Gasteiger partial charge in [0.15, 0.2) is 0 Å². The third kappa shape index (κ3) is 9.47. The zero-order valence-corrected chi connectivity index (χ0v) is 15.9. The maximum Gasteiger partial charge on any atom is 0.100 e. The highest BCUT2D eigenvalue weighted by atomic mass is 79.9. The molecular formula is C21H28BrN. The van der Waals surface area contributed by atoms with Gasteiger partial charge in [-0.15, -0.1) is 0 Å². The van der Waals surface area contributed by atoms with Crippen molar-refractivity contribution in [1.82, 2.24) is 0 Å². The van der Waals surface area contributed by atoms with Crippen molar-refractivity contribution in [2.75, 3.05) is 0 Å². The van der Waals surface area contributed by atoms with Gasteiger partial charge in [0, 0.05) is 16.5 Å². The summed E-state index contributed by atoms with van der Waals surface area (Å²) in [5.74, 6) is 6.34. The van der Waals surface area contributed by atoms with Crippen LogP contribution in [-0.4, -0.2) is 0 Å². The molecule has 1 rings (SSSR count). The maximum absolute atomic E-state index is 9.07. The van der Waals surface area contributed by atoms with Crippen LogP contribution in [0.4, 0.5) is 0 Å². The molecule has 1 aromatic rings. The number of hydrogen-bond acceptors (Lipinski definition) is 1. The lowest BCUT2D eigenvalue weighted by molar-refractivity contribution is 0.558. The lowest BCUT2D eigenvalue weighted by Gasteiger charge is -2.00. The van der Waals surface area contributed by atoms with E-state index >= 15 is 0 Å². The summed E-state index contributed by atoms with van der Waals surface area (Å²) < 4.78 is 0.972. The largest absolute Gasteiger partial charge is 0.192 e. The molecule has 2 heteroatoms. The Balaban J connectivity index is 2.10. The molecule has 0 N–H and O–H groups in total. The Bertz CT molecular complexity index is 545. The van der Waals surface area contributed by atoms with Gasteiger partial charge >= 0.3 is 0 Å². The second kappa shape index (κ2) is 13.2. The topological polar surface area (TPSA) is 23.8 Å². The molecule has 1 aromatic carbocycles. The van der Waals surface area contributed by atoms with Crippen LogP contribution in [0.15, 0.2) is 22.7 Å². The molecule has 0 aliphatic carbocycles. The lowest BCUT2D eigenvalue weighted by atomic mass is 10.1. The van der Waals surface area contributed by atoms with Crippen molar-refractivity contribution in [2.45, 2.75) is 77.6 Å². The molecule has 0 spiro atoms. The van der Waals surface area contributed by atoms with Gasteiger partial charge in [-0.3, -0.25) is 0 Å². The minimum atomic E-state index is 0.656. The van der Waals surface area contributed by atoms with Crippen LogP contribution in [0.3, 0.4) is 0 Å². The minimum absolute atomic E-state index is 0.656. The van der Waals surface area contributed by atoms with E-state index in [1.165, 1.54) is 64.2 Å². The first-order valence-corrected chi connectivity index (χ1v) is 9.75. The molecule has 0 fully saturated rings. The number of rotatable bonds is 10. The second-order valence-corrected chi connectivity index (χ2v) is 6.95. The SMILES string of the molecule is CCCCCCCCCCCCC#Cc1cc(Br)ccc1C#N. The first-order valence-electron chi connectivity index (χ1n) is 8.96. The zero-order valence-electron chi connectivity index (χ0n) is 14.3. The number of unbranched alkanes of at least 4 members (excludes halogenated alkanes) is 10. The van der Waals surface area contributed by atoms with Gasteiger partial charge in [0.2, 0.25) is 0 Å². The summed E-state index contributed by atoms with van der Waals surface area (Å²) in [6.45, 7) is 2.26. The summed E-state index contributed by atoms with van der Waals surface area (Å²) >= 11 is 3.43. The third-order valence-electron chi connectivity index (χ3n) is 3.98. The molecule has 0 aromatic heterocycles. The van der Waals surface area contributed by atoms with Gasteiger partial charge in [-0.25, -0.2) is 0 Å². The predicted octanol–water partition coefficient (Wildman–Crippen LogP) is 6.98. The Kier molecular flexibility index (Phi) is 11.4. The van der Waals surface area contributed by atoms with Crippen molar-refractivity contribution in [3.63, 3.8) is 0 Å². The van der Waals surface area contributed by atoms with E-state index in [2.05, 4.69) is 40.8 Å². The highest BCUT2D eigenvalue weighted by molar-refractivity contribution is 9.10. The van der Waals surface area contributed by atoms with E-state index in [-0.39, 0.29) is 0 Å². The quantitative estimate of drug-likeness (QED) is 0.320. The smallest absolute Gasteiger partial charge is 0.100 e. The average Bonchev–Trinajstić information content (AvgIpc) is 2.56. The van der Waals surface area contributed by atoms with Crippen LogP contribution in [0.5, 0.6) is 0 Å². The Morgan fingerprint density at radius 2 is 1.48 bits per heavy atom. The molecule has 1 nitrogen and oxygen atoms in total. The van der Waals surface area contributed by atoms with Crippen LogP contribution in [0.1, 0.15) is 88.7 Å². The van der Waals surface area contributed by atoms with E-state index in [1.807, 2.05) is 18.2 Å². The van der Waals surface area contributed by atoms with Crippen LogP contribution in [0.2, 0.25) is 0 Å². The summed E-state index contributed by atoms with van der Waals surface area (Å²) in [6, 6.07) is 7.81. The van der Waals surface area contributed by atoms with Crippen molar-refractivity contribution in [1.29, 1.82) is 5.26 Å². The molecule has 0 heterocycles. The first kappa shape index (κ1) is 19.8. The molecule has 0 saturated heterocycles. The fraction of sp³-hybridized carbons (Fsp3) is 0.571. The molecule has 0 amide bonds. The minimum Gasteiger partial charge on any atom is -0.192 e. The van der Waals surface area contributed by atoms with E-state index in [9.17, 15) is 0 Å².